The molecular formula is C46H59N11O4. The summed E-state index contributed by atoms with van der Waals surface area (Å²) < 4.78 is 3.11. The van der Waals surface area contributed by atoms with Crippen molar-refractivity contribution in [2.45, 2.75) is 102 Å². The van der Waals surface area contributed by atoms with Crippen molar-refractivity contribution >= 4 is 40.5 Å². The van der Waals surface area contributed by atoms with Gasteiger partial charge in [-0.1, -0.05) is 19.3 Å². The van der Waals surface area contributed by atoms with E-state index in [0.717, 1.165) is 42.3 Å². The van der Waals surface area contributed by atoms with Crippen LogP contribution in [0.3, 0.4) is 0 Å². The summed E-state index contributed by atoms with van der Waals surface area (Å²) in [6.07, 6.45) is 16.0. The van der Waals surface area contributed by atoms with Crippen LogP contribution in [0, 0.1) is 18.3 Å². The maximum atomic E-state index is 12.9. The van der Waals surface area contributed by atoms with Crippen LogP contribution >= 0.6 is 0 Å². The number of piperazine rings is 1. The number of aliphatic hydroxyl groups is 1. The lowest BCUT2D eigenvalue weighted by atomic mass is 9.93. The van der Waals surface area contributed by atoms with E-state index in [1.165, 1.54) is 87.5 Å². The second kappa shape index (κ2) is 19.4. The number of carbonyl (C=O) groups is 3. The van der Waals surface area contributed by atoms with Gasteiger partial charge in [0.2, 0.25) is 5.91 Å². The Labute approximate surface area is 357 Å². The zero-order valence-corrected chi connectivity index (χ0v) is 35.9. The minimum absolute atomic E-state index is 0.0779. The molecule has 322 valence electrons. The molecule has 2 saturated heterocycles. The second-order valence-corrected chi connectivity index (χ2v) is 17.1. The Balaban J connectivity index is 0.000000189. The first-order chi connectivity index (χ1) is 29.5. The third-order valence-corrected chi connectivity index (χ3v) is 12.6. The van der Waals surface area contributed by atoms with Gasteiger partial charge in [0.15, 0.2) is 0 Å². The van der Waals surface area contributed by atoms with Crippen LogP contribution in [0.1, 0.15) is 111 Å². The van der Waals surface area contributed by atoms with Gasteiger partial charge in [-0.15, -0.1) is 0 Å². The van der Waals surface area contributed by atoms with Gasteiger partial charge in [-0.05, 0) is 95.3 Å². The molecule has 15 heteroatoms. The summed E-state index contributed by atoms with van der Waals surface area (Å²) in [6.45, 7) is 12.4. The van der Waals surface area contributed by atoms with E-state index in [4.69, 9.17) is 10.2 Å². The molecule has 1 atom stereocenters. The Bertz CT molecular complexity index is 2350. The van der Waals surface area contributed by atoms with Crippen LogP contribution in [-0.2, 0) is 15.2 Å². The summed E-state index contributed by atoms with van der Waals surface area (Å²) in [5, 5.41) is 33.4. The third-order valence-electron chi connectivity index (χ3n) is 12.6. The van der Waals surface area contributed by atoms with E-state index in [9.17, 15) is 19.5 Å². The lowest BCUT2D eigenvalue weighted by Crippen LogP contribution is -2.55. The number of aldehydes is 1. The summed E-state index contributed by atoms with van der Waals surface area (Å²) in [6, 6.07) is 16.2. The molecule has 15 nitrogen and oxygen atoms in total. The molecule has 61 heavy (non-hydrogen) atoms. The Morgan fingerprint density at radius 2 is 1.64 bits per heavy atom. The van der Waals surface area contributed by atoms with E-state index < -0.39 is 5.60 Å². The molecule has 3 aliphatic rings. The Kier molecular flexibility index (Phi) is 13.8. The molecular weight excluding hydrogens is 771 g/mol. The normalized spacial score (nSPS) is 17.7. The fourth-order valence-electron chi connectivity index (χ4n) is 9.28. The van der Waals surface area contributed by atoms with Crippen LogP contribution in [0.25, 0.3) is 11.0 Å². The van der Waals surface area contributed by atoms with Crippen LogP contribution in [0.5, 0.6) is 0 Å². The highest BCUT2D eigenvalue weighted by Crippen LogP contribution is 2.31. The maximum Gasteiger partial charge on any atom is 0.274 e. The van der Waals surface area contributed by atoms with E-state index >= 15 is 0 Å². The average molecular weight is 830 g/mol. The zero-order chi connectivity index (χ0) is 43.1. The number of likely N-dealkylation sites (N-methyl/N-ethyl adjacent to an activating group) is 1. The molecule has 1 saturated carbocycles. The van der Waals surface area contributed by atoms with Gasteiger partial charge in [0.1, 0.15) is 18.0 Å². The first-order valence-electron chi connectivity index (χ1n) is 21.7. The Morgan fingerprint density at radius 1 is 0.934 bits per heavy atom. The van der Waals surface area contributed by atoms with Crippen molar-refractivity contribution in [2.75, 3.05) is 56.5 Å². The number of anilines is 2. The molecule has 2 aliphatic heterocycles. The van der Waals surface area contributed by atoms with E-state index in [1.807, 2.05) is 19.1 Å². The van der Waals surface area contributed by atoms with Gasteiger partial charge in [-0.2, -0.15) is 15.5 Å². The quantitative estimate of drug-likeness (QED) is 0.144. The third kappa shape index (κ3) is 10.1. The molecule has 0 aromatic carbocycles. The summed E-state index contributed by atoms with van der Waals surface area (Å²) in [4.78, 5) is 48.8. The minimum atomic E-state index is -1.18. The van der Waals surface area contributed by atoms with Gasteiger partial charge < -0.3 is 25.4 Å². The van der Waals surface area contributed by atoms with Crippen molar-refractivity contribution in [3.63, 3.8) is 0 Å². The Morgan fingerprint density at radius 3 is 2.28 bits per heavy atom. The summed E-state index contributed by atoms with van der Waals surface area (Å²) in [5.41, 5.74) is 4.93. The molecule has 1 aliphatic carbocycles. The van der Waals surface area contributed by atoms with Gasteiger partial charge in [-0.25, -0.2) is 9.03 Å². The number of hydrogen-bond donors (Lipinski definition) is 3. The van der Waals surface area contributed by atoms with Crippen LogP contribution < -0.4 is 15.5 Å². The van der Waals surface area contributed by atoms with Gasteiger partial charge >= 0.3 is 0 Å². The van der Waals surface area contributed by atoms with Crippen molar-refractivity contribution in [1.29, 1.82) is 5.26 Å². The number of aryl methyl sites for hydroxylation is 1. The zero-order valence-electron chi connectivity index (χ0n) is 35.9. The fourth-order valence-corrected chi connectivity index (χ4v) is 9.28. The smallest absolute Gasteiger partial charge is 0.274 e. The fraction of sp³-hybridized carbons (Fsp3) is 0.500. The number of nitrogens with one attached hydrogen (secondary N) is 2. The summed E-state index contributed by atoms with van der Waals surface area (Å²) in [7, 11) is 1.64. The van der Waals surface area contributed by atoms with Crippen molar-refractivity contribution in [3.05, 3.63) is 89.3 Å². The molecule has 1 unspecified atom stereocenters. The average Bonchev–Trinajstić information content (AvgIpc) is 3.93. The van der Waals surface area contributed by atoms with E-state index in [0.29, 0.717) is 46.9 Å². The molecule has 2 amide bonds. The van der Waals surface area contributed by atoms with Gasteiger partial charge in [0.05, 0.1) is 57.1 Å². The standard InChI is InChI=1S/C27H43N5O2.C19H16N6O2/c1-21-26(11-10-25(29-21)24(9-6-20-33)27(34)28-2)32-14-12-23(13-15-32)31-18-16-30(17-19-31)22-7-4-3-5-8-22;1-19(2,27)15-11-24-13(5-6-21-24)8-16(15)23-18(26)17-4-3-14-7-12(9-20)10-22-25(14)17/h10-11,20,22-24H,3-9,12-19H2,1-2H3,(H,28,34);3-8,10-11,27H,1-2H3,(H,23,26). The maximum absolute atomic E-state index is 12.9. The second-order valence-electron chi connectivity index (χ2n) is 17.1. The monoisotopic (exact) mass is 829 g/mol. The number of hydrogen-bond acceptors (Lipinski definition) is 11. The van der Waals surface area contributed by atoms with Crippen molar-refractivity contribution in [2.24, 2.45) is 0 Å². The molecule has 5 aromatic heterocycles. The Hall–Kier alpha value is -5.69. The predicted molar refractivity (Wildman–Crippen MR) is 235 cm³/mol. The number of carbonyl (C=O) groups excluding carboxylic acids is 3. The van der Waals surface area contributed by atoms with Crippen LogP contribution in [0.2, 0.25) is 0 Å². The number of amides is 2. The van der Waals surface area contributed by atoms with E-state index in [-0.39, 0.29) is 17.7 Å². The van der Waals surface area contributed by atoms with Crippen molar-refractivity contribution < 1.29 is 19.5 Å². The van der Waals surface area contributed by atoms with Gasteiger partial charge in [0.25, 0.3) is 5.91 Å². The van der Waals surface area contributed by atoms with Gasteiger partial charge in [0, 0.05) is 82.8 Å². The first kappa shape index (κ1) is 43.4. The molecule has 3 fully saturated rings. The van der Waals surface area contributed by atoms with Crippen molar-refractivity contribution in [3.8, 4) is 6.07 Å². The molecule has 3 N–H and O–H groups in total. The lowest BCUT2D eigenvalue weighted by molar-refractivity contribution is -0.122. The SMILES string of the molecule is CC(C)(O)c1cn2nccc2cc1NC(=O)c1ccc2cc(C#N)cnn12.CNC(=O)C(CCC=O)c1ccc(N2CCC(N3CCN(C4CCCCC4)CC3)CC2)c(C)n1. The van der Waals surface area contributed by atoms with Crippen LogP contribution in [0.4, 0.5) is 11.4 Å². The first-order valence-corrected chi connectivity index (χ1v) is 21.7. The topological polar surface area (TPSA) is 176 Å². The molecule has 5 aromatic rings. The highest BCUT2D eigenvalue weighted by Gasteiger charge is 2.31. The molecule has 0 spiro atoms. The van der Waals surface area contributed by atoms with Crippen molar-refractivity contribution in [1.82, 2.24) is 39.3 Å². The molecule has 0 bridgehead atoms. The highest BCUT2D eigenvalue weighted by molar-refractivity contribution is 6.04. The molecule has 8 rings (SSSR count). The summed E-state index contributed by atoms with van der Waals surface area (Å²) >= 11 is 0. The predicted octanol–water partition coefficient (Wildman–Crippen LogP) is 5.45. The molecule has 7 heterocycles. The van der Waals surface area contributed by atoms with Crippen LogP contribution in [0.15, 0.2) is 61.1 Å². The highest BCUT2D eigenvalue weighted by atomic mass is 16.3. The number of fused-ring (bicyclic) bond motifs is 2. The van der Waals surface area contributed by atoms with E-state index in [2.05, 4.69) is 41.6 Å². The number of piperidine rings is 1. The van der Waals surface area contributed by atoms with Gasteiger partial charge in [-0.3, -0.25) is 24.4 Å². The summed E-state index contributed by atoms with van der Waals surface area (Å²) in [5.74, 6) is -0.826. The number of nitriles is 1. The molecule has 0 radical (unpaired) electrons. The number of aromatic nitrogens is 5. The lowest BCUT2D eigenvalue weighted by Gasteiger charge is -2.45. The number of rotatable bonds is 11. The number of pyridine rings is 2. The largest absolute Gasteiger partial charge is 0.386 e. The minimum Gasteiger partial charge on any atom is -0.386 e. The van der Waals surface area contributed by atoms with E-state index in [1.54, 1.807) is 68.1 Å². The van der Waals surface area contributed by atoms with Crippen LogP contribution in [-0.4, -0.2) is 116 Å². The number of nitrogens with zero attached hydrogens (tertiary/aromatic N) is 9.